The van der Waals surface area contributed by atoms with Gasteiger partial charge in [0, 0.05) is 5.56 Å². The monoisotopic (exact) mass is 343 g/mol. The summed E-state index contributed by atoms with van der Waals surface area (Å²) in [5.74, 6) is 0. The van der Waals surface area contributed by atoms with Crippen LogP contribution < -0.4 is 11.0 Å². The Morgan fingerprint density at radius 1 is 0.962 bits per heavy atom. The highest BCUT2D eigenvalue weighted by molar-refractivity contribution is 5.88. The van der Waals surface area contributed by atoms with Crippen molar-refractivity contribution >= 4 is 22.1 Å². The number of pyridine rings is 1. The summed E-state index contributed by atoms with van der Waals surface area (Å²) in [6.07, 6.45) is 2.06. The number of hydrogen-bond donors (Lipinski definition) is 0. The number of para-hydroxylation sites is 1. The van der Waals surface area contributed by atoms with E-state index in [0.717, 1.165) is 5.56 Å². The third-order valence-electron chi connectivity index (χ3n) is 4.44. The number of rotatable bonds is 4. The number of allylic oxidation sites excluding steroid dienone is 1. The maximum Gasteiger partial charge on any atom is 0.257 e. The van der Waals surface area contributed by atoms with Gasteiger partial charge in [0.05, 0.1) is 17.3 Å². The van der Waals surface area contributed by atoms with E-state index in [-0.39, 0.29) is 11.0 Å². The molecule has 4 aromatic rings. The Hall–Kier alpha value is -3.40. The molecule has 4 nitrogen and oxygen atoms in total. The molecule has 0 spiro atoms. The van der Waals surface area contributed by atoms with Crippen LogP contribution in [0.25, 0.3) is 22.1 Å². The molecule has 2 aromatic carbocycles. The van der Waals surface area contributed by atoms with E-state index >= 15 is 0 Å². The minimum Gasteiger partial charge on any atom is -0.439 e. The highest BCUT2D eigenvalue weighted by Crippen LogP contribution is 2.19. The van der Waals surface area contributed by atoms with Crippen LogP contribution in [0.3, 0.4) is 0 Å². The van der Waals surface area contributed by atoms with Gasteiger partial charge in [-0.1, -0.05) is 48.5 Å². The summed E-state index contributed by atoms with van der Waals surface area (Å²) < 4.78 is 7.52. The number of nitrogens with zero attached hydrogens (tertiary/aromatic N) is 1. The highest BCUT2D eigenvalue weighted by atomic mass is 16.3. The molecule has 0 fully saturated rings. The molecule has 26 heavy (non-hydrogen) atoms. The maximum absolute atomic E-state index is 13.0. The molecule has 0 aliphatic carbocycles. The molecule has 0 N–H and O–H groups in total. The third kappa shape index (κ3) is 2.65. The van der Waals surface area contributed by atoms with Crippen molar-refractivity contribution in [1.29, 1.82) is 0 Å². The molecule has 0 bridgehead atoms. The predicted octanol–water partition coefficient (Wildman–Crippen LogP) is 3.88. The van der Waals surface area contributed by atoms with Crippen LogP contribution in [0.5, 0.6) is 0 Å². The van der Waals surface area contributed by atoms with Crippen molar-refractivity contribution in [3.8, 4) is 0 Å². The number of fused-ring (bicyclic) bond motifs is 2. The number of benzene rings is 2. The fraction of sp³-hybridized carbons (Fsp3) is 0.0909. The van der Waals surface area contributed by atoms with Gasteiger partial charge >= 0.3 is 0 Å². The van der Waals surface area contributed by atoms with Gasteiger partial charge in [0.25, 0.3) is 5.56 Å². The minimum absolute atomic E-state index is 0.131. The zero-order chi connectivity index (χ0) is 18.1. The molecule has 0 unspecified atom stereocenters. The molecule has 128 valence electrons. The van der Waals surface area contributed by atoms with Gasteiger partial charge in [0.15, 0.2) is 0 Å². The molecule has 0 radical (unpaired) electrons. The number of aromatic nitrogens is 1. The van der Waals surface area contributed by atoms with Gasteiger partial charge in [-0.15, -0.1) is 6.58 Å². The van der Waals surface area contributed by atoms with Crippen molar-refractivity contribution in [3.63, 3.8) is 0 Å². The van der Waals surface area contributed by atoms with Crippen LogP contribution in [-0.2, 0) is 13.0 Å². The van der Waals surface area contributed by atoms with Crippen LogP contribution in [0.15, 0.2) is 87.3 Å². The van der Waals surface area contributed by atoms with Crippen LogP contribution >= 0.6 is 0 Å². The van der Waals surface area contributed by atoms with Gasteiger partial charge < -0.3 is 4.42 Å². The zero-order valence-corrected chi connectivity index (χ0v) is 14.1. The first-order valence-corrected chi connectivity index (χ1v) is 8.42. The van der Waals surface area contributed by atoms with E-state index in [0.29, 0.717) is 40.6 Å². The van der Waals surface area contributed by atoms with Crippen molar-refractivity contribution in [3.05, 3.63) is 105 Å². The highest BCUT2D eigenvalue weighted by Gasteiger charge is 2.15. The first-order valence-electron chi connectivity index (χ1n) is 8.42. The minimum atomic E-state index is -0.167. The maximum atomic E-state index is 13.0. The molecule has 0 amide bonds. The normalized spacial score (nSPS) is 11.1. The second kappa shape index (κ2) is 6.48. The van der Waals surface area contributed by atoms with Crippen molar-refractivity contribution in [2.45, 2.75) is 13.0 Å². The molecule has 4 rings (SSSR count). The summed E-state index contributed by atoms with van der Waals surface area (Å²) in [6, 6.07) is 18.4. The standard InChI is InChI=1S/C22H17NO3/c1-2-8-16-13-18-20(24)17-11-6-7-12-19(17)26-22(18)23(21(16)25)14-15-9-4-3-5-10-15/h2-7,9-13H,1,8,14H2. The van der Waals surface area contributed by atoms with Gasteiger partial charge in [0.2, 0.25) is 11.1 Å². The Kier molecular flexibility index (Phi) is 4.01. The molecule has 2 heterocycles. The average Bonchev–Trinajstić information content (AvgIpc) is 2.67. The van der Waals surface area contributed by atoms with Crippen LogP contribution in [0, 0.1) is 0 Å². The van der Waals surface area contributed by atoms with Crippen molar-refractivity contribution in [2.75, 3.05) is 0 Å². The lowest BCUT2D eigenvalue weighted by Gasteiger charge is -2.12. The Balaban J connectivity index is 2.09. The Morgan fingerprint density at radius 3 is 2.46 bits per heavy atom. The van der Waals surface area contributed by atoms with Gasteiger partial charge in [-0.2, -0.15) is 0 Å². The van der Waals surface area contributed by atoms with Gasteiger partial charge in [0.1, 0.15) is 5.58 Å². The fourth-order valence-electron chi connectivity index (χ4n) is 3.19. The molecule has 0 aliphatic heterocycles. The summed E-state index contributed by atoms with van der Waals surface area (Å²) in [5.41, 5.74) is 1.97. The topological polar surface area (TPSA) is 52.2 Å². The molecule has 4 heteroatoms. The second-order valence-corrected chi connectivity index (χ2v) is 6.19. The Labute approximate surface area is 149 Å². The second-order valence-electron chi connectivity index (χ2n) is 6.19. The third-order valence-corrected chi connectivity index (χ3v) is 4.44. The number of hydrogen-bond acceptors (Lipinski definition) is 3. The molecular weight excluding hydrogens is 326 g/mol. The van der Waals surface area contributed by atoms with Crippen molar-refractivity contribution < 1.29 is 4.42 Å². The molecule has 0 saturated heterocycles. The largest absolute Gasteiger partial charge is 0.439 e. The van der Waals surface area contributed by atoms with Crippen LogP contribution in [0.2, 0.25) is 0 Å². The van der Waals surface area contributed by atoms with E-state index in [1.165, 1.54) is 4.57 Å². The van der Waals surface area contributed by atoms with Crippen LogP contribution in [0.4, 0.5) is 0 Å². The lowest BCUT2D eigenvalue weighted by Crippen LogP contribution is -2.26. The molecule has 0 atom stereocenters. The average molecular weight is 343 g/mol. The summed E-state index contributed by atoms with van der Waals surface area (Å²) in [6.45, 7) is 4.05. The Morgan fingerprint density at radius 2 is 1.69 bits per heavy atom. The zero-order valence-electron chi connectivity index (χ0n) is 14.1. The summed E-state index contributed by atoms with van der Waals surface area (Å²) in [4.78, 5) is 25.9. The van der Waals surface area contributed by atoms with Crippen LogP contribution in [-0.4, -0.2) is 4.57 Å². The van der Waals surface area contributed by atoms with Gasteiger partial charge in [-0.3, -0.25) is 14.2 Å². The van der Waals surface area contributed by atoms with E-state index in [2.05, 4.69) is 6.58 Å². The summed E-state index contributed by atoms with van der Waals surface area (Å²) >= 11 is 0. The Bertz CT molecular complexity index is 1230. The SMILES string of the molecule is C=CCc1cc2c(=O)c3ccccc3oc2n(Cc2ccccc2)c1=O. The van der Waals surface area contributed by atoms with Gasteiger partial charge in [-0.05, 0) is 30.2 Å². The van der Waals surface area contributed by atoms with E-state index < -0.39 is 0 Å². The molecular formula is C22H17NO3. The predicted molar refractivity (Wildman–Crippen MR) is 104 cm³/mol. The molecule has 0 saturated carbocycles. The lowest BCUT2D eigenvalue weighted by molar-refractivity contribution is 0.595. The van der Waals surface area contributed by atoms with E-state index in [4.69, 9.17) is 4.42 Å². The lowest BCUT2D eigenvalue weighted by atomic mass is 10.1. The summed E-state index contributed by atoms with van der Waals surface area (Å²) in [5, 5.41) is 0.922. The smallest absolute Gasteiger partial charge is 0.257 e. The fourth-order valence-corrected chi connectivity index (χ4v) is 3.19. The van der Waals surface area contributed by atoms with E-state index in [1.807, 2.05) is 36.4 Å². The van der Waals surface area contributed by atoms with Crippen molar-refractivity contribution in [2.24, 2.45) is 0 Å². The first-order chi connectivity index (χ1) is 12.7. The molecule has 2 aromatic heterocycles. The summed E-state index contributed by atoms with van der Waals surface area (Å²) in [7, 11) is 0. The van der Waals surface area contributed by atoms with E-state index in [1.54, 1.807) is 30.3 Å². The quantitative estimate of drug-likeness (QED) is 0.417. The van der Waals surface area contributed by atoms with Gasteiger partial charge in [-0.25, -0.2) is 0 Å². The van der Waals surface area contributed by atoms with Crippen LogP contribution in [0.1, 0.15) is 11.1 Å². The molecule has 0 aliphatic rings. The first kappa shape index (κ1) is 16.1. The van der Waals surface area contributed by atoms with E-state index in [9.17, 15) is 9.59 Å². The van der Waals surface area contributed by atoms with Crippen molar-refractivity contribution in [1.82, 2.24) is 4.57 Å².